The van der Waals surface area contributed by atoms with Crippen molar-refractivity contribution in [1.29, 1.82) is 0 Å². The molecule has 1 heterocycles. The fourth-order valence-corrected chi connectivity index (χ4v) is 2.59. The summed E-state index contributed by atoms with van der Waals surface area (Å²) in [6, 6.07) is 2.37. The number of rotatable bonds is 4. The molecule has 1 aliphatic carbocycles. The standard InChI is InChI=1S/C11H19N5S/c1-7-4-3-5-8(7)13-9-6-10(16-12)15-11(14-9)17-2/h6-8H,3-5,12H2,1-2H3,(H2,13,14,15,16). The van der Waals surface area contributed by atoms with Crippen molar-refractivity contribution in [3.05, 3.63) is 6.07 Å². The van der Waals surface area contributed by atoms with E-state index in [9.17, 15) is 0 Å². The first-order valence-electron chi connectivity index (χ1n) is 5.89. The molecule has 0 aliphatic heterocycles. The lowest BCUT2D eigenvalue weighted by atomic mass is 10.1. The number of nitrogens with zero attached hydrogens (tertiary/aromatic N) is 2. The number of anilines is 2. The monoisotopic (exact) mass is 253 g/mol. The van der Waals surface area contributed by atoms with Crippen molar-refractivity contribution in [1.82, 2.24) is 9.97 Å². The molecule has 1 aromatic heterocycles. The molecule has 17 heavy (non-hydrogen) atoms. The molecule has 4 N–H and O–H groups in total. The Kier molecular flexibility index (Phi) is 4.06. The van der Waals surface area contributed by atoms with Crippen molar-refractivity contribution >= 4 is 23.4 Å². The highest BCUT2D eigenvalue weighted by molar-refractivity contribution is 7.98. The van der Waals surface area contributed by atoms with Crippen LogP contribution >= 0.6 is 11.8 Å². The lowest BCUT2D eigenvalue weighted by molar-refractivity contribution is 0.554. The third kappa shape index (κ3) is 3.01. The van der Waals surface area contributed by atoms with Crippen molar-refractivity contribution in [3.63, 3.8) is 0 Å². The highest BCUT2D eigenvalue weighted by Gasteiger charge is 2.23. The van der Waals surface area contributed by atoms with Gasteiger partial charge in [0.05, 0.1) is 0 Å². The van der Waals surface area contributed by atoms with Crippen molar-refractivity contribution in [2.24, 2.45) is 11.8 Å². The quantitative estimate of drug-likeness (QED) is 0.330. The van der Waals surface area contributed by atoms with Gasteiger partial charge >= 0.3 is 0 Å². The molecule has 1 aromatic rings. The Morgan fingerprint density at radius 3 is 2.71 bits per heavy atom. The summed E-state index contributed by atoms with van der Waals surface area (Å²) < 4.78 is 0. The fourth-order valence-electron chi connectivity index (χ4n) is 2.21. The zero-order valence-corrected chi connectivity index (χ0v) is 11.0. The van der Waals surface area contributed by atoms with Crippen LogP contribution in [-0.2, 0) is 0 Å². The normalized spacial score (nSPS) is 23.7. The second-order valence-electron chi connectivity index (χ2n) is 4.43. The molecule has 2 atom stereocenters. The lowest BCUT2D eigenvalue weighted by Gasteiger charge is -2.18. The molecule has 0 spiro atoms. The number of nitrogen functional groups attached to an aromatic ring is 1. The lowest BCUT2D eigenvalue weighted by Crippen LogP contribution is -2.23. The second-order valence-corrected chi connectivity index (χ2v) is 5.20. The maximum absolute atomic E-state index is 5.40. The van der Waals surface area contributed by atoms with E-state index in [1.807, 2.05) is 12.3 Å². The van der Waals surface area contributed by atoms with E-state index in [-0.39, 0.29) is 0 Å². The summed E-state index contributed by atoms with van der Waals surface area (Å²) in [5.74, 6) is 7.61. The van der Waals surface area contributed by atoms with Crippen LogP contribution in [0.1, 0.15) is 26.2 Å². The van der Waals surface area contributed by atoms with Crippen LogP contribution in [0, 0.1) is 5.92 Å². The Morgan fingerprint density at radius 1 is 1.35 bits per heavy atom. The SMILES string of the molecule is CSc1nc(NN)cc(NC2CCCC2C)n1. The number of hydrogen-bond donors (Lipinski definition) is 3. The molecule has 0 amide bonds. The van der Waals surface area contributed by atoms with Gasteiger partial charge in [0.1, 0.15) is 11.6 Å². The maximum atomic E-state index is 5.40. The Labute approximate surface area is 106 Å². The molecule has 0 radical (unpaired) electrons. The van der Waals surface area contributed by atoms with Crippen LogP contribution in [0.3, 0.4) is 0 Å². The summed E-state index contributed by atoms with van der Waals surface area (Å²) in [6.07, 6.45) is 5.75. The Bertz CT molecular complexity index is 362. The van der Waals surface area contributed by atoms with Gasteiger partial charge < -0.3 is 10.7 Å². The third-order valence-corrected chi connectivity index (χ3v) is 3.78. The predicted molar refractivity (Wildman–Crippen MR) is 72.0 cm³/mol. The molecule has 2 unspecified atom stereocenters. The predicted octanol–water partition coefficient (Wildman–Crippen LogP) is 2.08. The summed E-state index contributed by atoms with van der Waals surface area (Å²) in [7, 11) is 0. The Morgan fingerprint density at radius 2 is 2.12 bits per heavy atom. The number of nitrogens with one attached hydrogen (secondary N) is 2. The molecule has 1 fully saturated rings. The molecule has 0 aromatic carbocycles. The number of hydrazine groups is 1. The smallest absolute Gasteiger partial charge is 0.191 e. The van der Waals surface area contributed by atoms with E-state index in [0.29, 0.717) is 17.8 Å². The minimum atomic E-state index is 0.519. The summed E-state index contributed by atoms with van der Waals surface area (Å²) in [6.45, 7) is 2.28. The number of thioether (sulfide) groups is 1. The van der Waals surface area contributed by atoms with Crippen LogP contribution in [-0.4, -0.2) is 22.3 Å². The topological polar surface area (TPSA) is 75.9 Å². The zero-order chi connectivity index (χ0) is 12.3. The zero-order valence-electron chi connectivity index (χ0n) is 10.2. The molecular weight excluding hydrogens is 234 g/mol. The molecule has 0 bridgehead atoms. The molecule has 6 heteroatoms. The summed E-state index contributed by atoms with van der Waals surface area (Å²) in [5, 5.41) is 4.21. The molecule has 1 aliphatic rings. The molecule has 5 nitrogen and oxygen atoms in total. The Balaban J connectivity index is 2.14. The highest BCUT2D eigenvalue weighted by Crippen LogP contribution is 2.28. The van der Waals surface area contributed by atoms with Crippen LogP contribution in [0.25, 0.3) is 0 Å². The van der Waals surface area contributed by atoms with Crippen molar-refractivity contribution < 1.29 is 0 Å². The maximum Gasteiger partial charge on any atom is 0.191 e. The van der Waals surface area contributed by atoms with E-state index in [1.165, 1.54) is 31.0 Å². The number of hydrogen-bond acceptors (Lipinski definition) is 6. The first-order valence-corrected chi connectivity index (χ1v) is 7.11. The summed E-state index contributed by atoms with van der Waals surface area (Å²) in [5.41, 5.74) is 2.57. The van der Waals surface area contributed by atoms with Crippen molar-refractivity contribution in [2.45, 2.75) is 37.4 Å². The van der Waals surface area contributed by atoms with Crippen molar-refractivity contribution in [3.8, 4) is 0 Å². The van der Waals surface area contributed by atoms with Gasteiger partial charge in [0.15, 0.2) is 5.16 Å². The van der Waals surface area contributed by atoms with Crippen LogP contribution < -0.4 is 16.6 Å². The second kappa shape index (κ2) is 5.55. The minimum Gasteiger partial charge on any atom is -0.367 e. The van der Waals surface area contributed by atoms with Crippen LogP contribution in [0.4, 0.5) is 11.6 Å². The third-order valence-electron chi connectivity index (χ3n) is 3.23. The average Bonchev–Trinajstić information content (AvgIpc) is 2.74. The van der Waals surface area contributed by atoms with Gasteiger partial charge in [-0.2, -0.15) is 0 Å². The first kappa shape index (κ1) is 12.4. The average molecular weight is 253 g/mol. The minimum absolute atomic E-state index is 0.519. The van der Waals surface area contributed by atoms with Gasteiger partial charge in [-0.15, -0.1) is 0 Å². The summed E-state index contributed by atoms with van der Waals surface area (Å²) >= 11 is 1.51. The van der Waals surface area contributed by atoms with E-state index >= 15 is 0 Å². The van der Waals surface area contributed by atoms with Gasteiger partial charge in [-0.25, -0.2) is 15.8 Å². The molecular formula is C11H19N5S. The van der Waals surface area contributed by atoms with E-state index in [1.54, 1.807) is 0 Å². The Hall–Kier alpha value is -1.01. The van der Waals surface area contributed by atoms with Crippen LogP contribution in [0.2, 0.25) is 0 Å². The number of nitrogens with two attached hydrogens (primary N) is 1. The largest absolute Gasteiger partial charge is 0.367 e. The molecule has 2 rings (SSSR count). The number of aromatic nitrogens is 2. The molecule has 0 saturated heterocycles. The van der Waals surface area contributed by atoms with E-state index in [4.69, 9.17) is 5.84 Å². The van der Waals surface area contributed by atoms with Gasteiger partial charge in [-0.05, 0) is 25.0 Å². The van der Waals surface area contributed by atoms with Gasteiger partial charge in [0.25, 0.3) is 0 Å². The summed E-state index contributed by atoms with van der Waals surface area (Å²) in [4.78, 5) is 8.68. The van der Waals surface area contributed by atoms with E-state index in [0.717, 1.165) is 11.0 Å². The van der Waals surface area contributed by atoms with Crippen molar-refractivity contribution in [2.75, 3.05) is 17.0 Å². The van der Waals surface area contributed by atoms with Crippen LogP contribution in [0.5, 0.6) is 0 Å². The van der Waals surface area contributed by atoms with Gasteiger partial charge in [0, 0.05) is 12.1 Å². The van der Waals surface area contributed by atoms with Gasteiger partial charge in [0.2, 0.25) is 0 Å². The molecule has 1 saturated carbocycles. The van der Waals surface area contributed by atoms with E-state index in [2.05, 4.69) is 27.6 Å². The molecule has 94 valence electrons. The fraction of sp³-hybridized carbons (Fsp3) is 0.636. The van der Waals surface area contributed by atoms with Crippen LogP contribution in [0.15, 0.2) is 11.2 Å². The first-order chi connectivity index (χ1) is 8.22. The van der Waals surface area contributed by atoms with E-state index < -0.39 is 0 Å². The van der Waals surface area contributed by atoms with Gasteiger partial charge in [-0.1, -0.05) is 25.1 Å². The van der Waals surface area contributed by atoms with Gasteiger partial charge in [-0.3, -0.25) is 0 Å². The highest BCUT2D eigenvalue weighted by atomic mass is 32.2.